The first-order valence-electron chi connectivity index (χ1n) is 6.90. The van der Waals surface area contributed by atoms with Gasteiger partial charge in [-0.15, -0.1) is 5.10 Å². The third kappa shape index (κ3) is 3.04. The Morgan fingerprint density at radius 2 is 1.86 bits per heavy atom. The lowest BCUT2D eigenvalue weighted by molar-refractivity contribution is 0.102. The molecule has 0 radical (unpaired) electrons. The average Bonchev–Trinajstić information content (AvgIpc) is 3.02. The van der Waals surface area contributed by atoms with Crippen LogP contribution in [0.1, 0.15) is 21.5 Å². The van der Waals surface area contributed by atoms with Crippen molar-refractivity contribution in [2.24, 2.45) is 0 Å². The molecule has 3 rings (SSSR count). The number of rotatable bonds is 3. The van der Waals surface area contributed by atoms with Crippen molar-refractivity contribution >= 4 is 23.1 Å². The minimum absolute atomic E-state index is 0.0929. The Balaban J connectivity index is 1.77. The van der Waals surface area contributed by atoms with E-state index in [4.69, 9.17) is 0 Å². The number of hydrogen-bond donors (Lipinski definition) is 1. The van der Waals surface area contributed by atoms with Crippen LogP contribution in [-0.2, 0) is 0 Å². The Labute approximate surface area is 133 Å². The Morgan fingerprint density at radius 1 is 1.09 bits per heavy atom. The topological polar surface area (TPSA) is 54.9 Å². The number of amides is 1. The molecule has 3 aromatic rings. The summed E-state index contributed by atoms with van der Waals surface area (Å²) in [5.74, 6) is -0.0929. The van der Waals surface area contributed by atoms with Gasteiger partial charge in [-0.25, -0.2) is 0 Å². The number of benzene rings is 2. The quantitative estimate of drug-likeness (QED) is 0.793. The maximum absolute atomic E-state index is 12.3. The van der Waals surface area contributed by atoms with Crippen LogP contribution in [0, 0.1) is 13.8 Å². The second kappa shape index (κ2) is 6.07. The Kier molecular flexibility index (Phi) is 3.98. The number of carbonyl (C=O) groups is 1. The van der Waals surface area contributed by atoms with Gasteiger partial charge < -0.3 is 5.32 Å². The fraction of sp³-hybridized carbons (Fsp3) is 0.118. The lowest BCUT2D eigenvalue weighted by Crippen LogP contribution is -2.13. The highest BCUT2D eigenvalue weighted by Gasteiger charge is 2.09. The molecule has 0 bridgehead atoms. The number of anilines is 1. The predicted octanol–water partition coefficient (Wildman–Crippen LogP) is 4.07. The third-order valence-electron chi connectivity index (χ3n) is 3.42. The minimum Gasteiger partial charge on any atom is -0.322 e. The van der Waals surface area contributed by atoms with Crippen LogP contribution in [0.2, 0.25) is 0 Å². The van der Waals surface area contributed by atoms with E-state index in [9.17, 15) is 4.79 Å². The summed E-state index contributed by atoms with van der Waals surface area (Å²) in [4.78, 5) is 13.3. The number of hydrogen-bond acceptors (Lipinski definition) is 4. The summed E-state index contributed by atoms with van der Waals surface area (Å²) in [5, 5.41) is 6.75. The third-order valence-corrected chi connectivity index (χ3v) is 4.13. The highest BCUT2D eigenvalue weighted by atomic mass is 32.1. The maximum Gasteiger partial charge on any atom is 0.255 e. The molecule has 1 heterocycles. The first-order valence-corrected chi connectivity index (χ1v) is 7.67. The molecule has 5 heteroatoms. The van der Waals surface area contributed by atoms with Gasteiger partial charge in [-0.05, 0) is 54.7 Å². The molecule has 0 aliphatic carbocycles. The summed E-state index contributed by atoms with van der Waals surface area (Å²) >= 11 is 1.35. The van der Waals surface area contributed by atoms with Crippen molar-refractivity contribution in [2.45, 2.75) is 13.8 Å². The number of aromatic nitrogens is 2. The van der Waals surface area contributed by atoms with Crippen molar-refractivity contribution in [3.8, 4) is 10.4 Å². The molecular formula is C17H15N3OS. The van der Waals surface area contributed by atoms with E-state index in [0.717, 1.165) is 27.3 Å². The standard InChI is InChI=1S/C17H15N3OS/c1-11-3-8-15(12(2)9-11)17(21)19-14-6-4-13(5-7-14)16-10-18-20-22-16/h3-10H,1-2H3,(H,19,21). The molecule has 1 amide bonds. The second-order valence-corrected chi connectivity index (χ2v) is 5.92. The number of nitrogens with one attached hydrogen (secondary N) is 1. The van der Waals surface area contributed by atoms with Gasteiger partial charge in [-0.3, -0.25) is 4.79 Å². The zero-order chi connectivity index (χ0) is 15.5. The van der Waals surface area contributed by atoms with Crippen LogP contribution in [0.15, 0.2) is 48.7 Å². The summed E-state index contributed by atoms with van der Waals surface area (Å²) < 4.78 is 3.85. The zero-order valence-electron chi connectivity index (χ0n) is 12.3. The molecule has 0 saturated heterocycles. The van der Waals surface area contributed by atoms with E-state index in [1.807, 2.05) is 56.3 Å². The van der Waals surface area contributed by atoms with E-state index in [1.165, 1.54) is 11.5 Å². The largest absolute Gasteiger partial charge is 0.322 e. The lowest BCUT2D eigenvalue weighted by atomic mass is 10.1. The van der Waals surface area contributed by atoms with E-state index in [2.05, 4.69) is 14.9 Å². The lowest BCUT2D eigenvalue weighted by Gasteiger charge is -2.09. The van der Waals surface area contributed by atoms with Crippen LogP contribution in [0.3, 0.4) is 0 Å². The van der Waals surface area contributed by atoms with Gasteiger partial charge in [0.25, 0.3) is 5.91 Å². The van der Waals surface area contributed by atoms with E-state index >= 15 is 0 Å². The normalized spacial score (nSPS) is 10.5. The molecule has 4 nitrogen and oxygen atoms in total. The fourth-order valence-corrected chi connectivity index (χ4v) is 2.80. The Hall–Kier alpha value is -2.53. The van der Waals surface area contributed by atoms with Gasteiger partial charge in [0.15, 0.2) is 0 Å². The van der Waals surface area contributed by atoms with Crippen molar-refractivity contribution in [1.82, 2.24) is 9.59 Å². The average molecular weight is 309 g/mol. The maximum atomic E-state index is 12.3. The Morgan fingerprint density at radius 3 is 2.50 bits per heavy atom. The number of carbonyl (C=O) groups excluding carboxylic acids is 1. The van der Waals surface area contributed by atoms with Crippen molar-refractivity contribution in [1.29, 1.82) is 0 Å². The van der Waals surface area contributed by atoms with Crippen LogP contribution in [0.5, 0.6) is 0 Å². The second-order valence-electron chi connectivity index (χ2n) is 5.13. The van der Waals surface area contributed by atoms with Crippen LogP contribution >= 0.6 is 11.5 Å². The van der Waals surface area contributed by atoms with Gasteiger partial charge in [0.2, 0.25) is 0 Å². The molecule has 0 spiro atoms. The zero-order valence-corrected chi connectivity index (χ0v) is 13.1. The molecule has 0 saturated carbocycles. The first-order chi connectivity index (χ1) is 10.6. The molecule has 2 aromatic carbocycles. The fourth-order valence-electron chi connectivity index (χ4n) is 2.28. The highest BCUT2D eigenvalue weighted by molar-refractivity contribution is 7.09. The SMILES string of the molecule is Cc1ccc(C(=O)Nc2ccc(-c3cnns3)cc2)c(C)c1. The summed E-state index contributed by atoms with van der Waals surface area (Å²) in [5.41, 5.74) is 4.63. The van der Waals surface area contributed by atoms with Crippen molar-refractivity contribution in [3.63, 3.8) is 0 Å². The van der Waals surface area contributed by atoms with Crippen LogP contribution < -0.4 is 5.32 Å². The van der Waals surface area contributed by atoms with Crippen LogP contribution in [0.25, 0.3) is 10.4 Å². The summed E-state index contributed by atoms with van der Waals surface area (Å²) in [6, 6.07) is 13.5. The van der Waals surface area contributed by atoms with Crippen molar-refractivity contribution in [2.75, 3.05) is 5.32 Å². The number of nitrogens with zero attached hydrogens (tertiary/aromatic N) is 2. The molecule has 22 heavy (non-hydrogen) atoms. The van der Waals surface area contributed by atoms with Gasteiger partial charge >= 0.3 is 0 Å². The molecule has 1 aromatic heterocycles. The van der Waals surface area contributed by atoms with Gasteiger partial charge in [0.1, 0.15) is 0 Å². The first kappa shape index (κ1) is 14.4. The van der Waals surface area contributed by atoms with Crippen LogP contribution in [-0.4, -0.2) is 15.5 Å². The van der Waals surface area contributed by atoms with Gasteiger partial charge in [-0.1, -0.05) is 34.3 Å². The van der Waals surface area contributed by atoms with E-state index in [-0.39, 0.29) is 5.91 Å². The molecule has 110 valence electrons. The smallest absolute Gasteiger partial charge is 0.255 e. The van der Waals surface area contributed by atoms with Gasteiger partial charge in [-0.2, -0.15) is 0 Å². The summed E-state index contributed by atoms with van der Waals surface area (Å²) in [6.45, 7) is 3.96. The molecule has 0 aliphatic rings. The van der Waals surface area contributed by atoms with Gasteiger partial charge in [0, 0.05) is 11.3 Å². The highest BCUT2D eigenvalue weighted by Crippen LogP contribution is 2.23. The Bertz CT molecular complexity index is 795. The van der Waals surface area contributed by atoms with E-state index in [0.29, 0.717) is 5.56 Å². The molecule has 0 unspecified atom stereocenters. The molecule has 0 aliphatic heterocycles. The van der Waals surface area contributed by atoms with Crippen molar-refractivity contribution in [3.05, 3.63) is 65.4 Å². The van der Waals surface area contributed by atoms with Crippen molar-refractivity contribution < 1.29 is 4.79 Å². The summed E-state index contributed by atoms with van der Waals surface area (Å²) in [7, 11) is 0. The molecule has 0 atom stereocenters. The molecule has 0 fully saturated rings. The summed E-state index contributed by atoms with van der Waals surface area (Å²) in [6.07, 6.45) is 1.73. The van der Waals surface area contributed by atoms with Crippen LogP contribution in [0.4, 0.5) is 5.69 Å². The van der Waals surface area contributed by atoms with E-state index < -0.39 is 0 Å². The monoisotopic (exact) mass is 309 g/mol. The number of aryl methyl sites for hydroxylation is 2. The molecular weight excluding hydrogens is 294 g/mol. The van der Waals surface area contributed by atoms with Gasteiger partial charge in [0.05, 0.1) is 11.1 Å². The molecule has 1 N–H and O–H groups in total. The predicted molar refractivity (Wildman–Crippen MR) is 89.2 cm³/mol. The van der Waals surface area contributed by atoms with E-state index in [1.54, 1.807) is 6.20 Å². The minimum atomic E-state index is -0.0929.